The van der Waals surface area contributed by atoms with E-state index in [2.05, 4.69) is 0 Å². The average Bonchev–Trinajstić information content (AvgIpc) is 2.44. The maximum atomic E-state index is 9.50. The zero-order chi connectivity index (χ0) is 10.0. The van der Waals surface area contributed by atoms with E-state index in [1.165, 1.54) is 0 Å². The predicted molar refractivity (Wildman–Crippen MR) is 51.4 cm³/mol. The van der Waals surface area contributed by atoms with Gasteiger partial charge in [0, 0.05) is 0 Å². The first-order valence-electron chi connectivity index (χ1n) is 4.56. The molecule has 1 rings (SSSR count). The number of hydrogen-bond donors (Lipinski definition) is 2. The molecule has 3 heteroatoms. The molecule has 0 amide bonds. The summed E-state index contributed by atoms with van der Waals surface area (Å²) in [4.78, 5) is 0. The molecule has 0 saturated heterocycles. The van der Waals surface area contributed by atoms with Crippen LogP contribution in [0.5, 0.6) is 0 Å². The minimum absolute atomic E-state index is 0.405. The van der Waals surface area contributed by atoms with Gasteiger partial charge < -0.3 is 15.3 Å². The van der Waals surface area contributed by atoms with Gasteiger partial charge in [0.15, 0.2) is 0 Å². The Morgan fingerprint density at radius 1 is 1.54 bits per heavy atom. The monoisotopic (exact) mass is 183 g/mol. The van der Waals surface area contributed by atoms with Crippen LogP contribution in [0.2, 0.25) is 0 Å². The normalized spacial score (nSPS) is 15.8. The lowest BCUT2D eigenvalue weighted by molar-refractivity contribution is 0.130. The molecule has 0 saturated carbocycles. The van der Waals surface area contributed by atoms with E-state index in [-0.39, 0.29) is 0 Å². The Bertz CT molecular complexity index is 261. The van der Waals surface area contributed by atoms with Gasteiger partial charge in [-0.05, 0) is 31.9 Å². The van der Waals surface area contributed by atoms with Crippen LogP contribution in [0.1, 0.15) is 36.5 Å². The van der Waals surface area contributed by atoms with Crippen LogP contribution in [0.3, 0.4) is 0 Å². The molecule has 13 heavy (non-hydrogen) atoms. The second-order valence-corrected chi connectivity index (χ2v) is 3.39. The lowest BCUT2D eigenvalue weighted by Crippen LogP contribution is -2.24. The Kier molecular flexibility index (Phi) is 3.12. The molecule has 0 aliphatic heterocycles. The van der Waals surface area contributed by atoms with E-state index in [0.717, 1.165) is 11.3 Å². The lowest BCUT2D eigenvalue weighted by atomic mass is 10.1. The quantitative estimate of drug-likeness (QED) is 0.749. The fourth-order valence-corrected chi connectivity index (χ4v) is 1.21. The number of hydrogen-bond acceptors (Lipinski definition) is 3. The molecule has 3 N–H and O–H groups in total. The molecule has 0 fully saturated rings. The van der Waals surface area contributed by atoms with Crippen LogP contribution in [0.25, 0.3) is 0 Å². The van der Waals surface area contributed by atoms with Crippen molar-refractivity contribution in [3.63, 3.8) is 0 Å². The Balaban J connectivity index is 2.82. The van der Waals surface area contributed by atoms with Gasteiger partial charge in [-0.2, -0.15) is 0 Å². The van der Waals surface area contributed by atoms with Crippen LogP contribution in [0.4, 0.5) is 0 Å². The van der Waals surface area contributed by atoms with Gasteiger partial charge in [-0.25, -0.2) is 0 Å². The van der Waals surface area contributed by atoms with E-state index in [1.54, 1.807) is 0 Å². The molecule has 0 bridgehead atoms. The number of aryl methyl sites for hydroxylation is 2. The van der Waals surface area contributed by atoms with Crippen LogP contribution in [-0.2, 0) is 0 Å². The molecule has 1 heterocycles. The summed E-state index contributed by atoms with van der Waals surface area (Å²) < 4.78 is 5.41. The summed E-state index contributed by atoms with van der Waals surface area (Å²) in [7, 11) is 0. The smallest absolute Gasteiger partial charge is 0.123 e. The molecule has 1 aromatic heterocycles. The molecule has 0 aliphatic carbocycles. The van der Waals surface area contributed by atoms with Crippen LogP contribution < -0.4 is 5.73 Å². The summed E-state index contributed by atoms with van der Waals surface area (Å²) in [6.45, 7) is 5.75. The van der Waals surface area contributed by atoms with Crippen molar-refractivity contribution in [2.45, 2.75) is 39.3 Å². The van der Waals surface area contributed by atoms with Gasteiger partial charge in [0.25, 0.3) is 0 Å². The lowest BCUT2D eigenvalue weighted by Gasteiger charge is -2.14. The third-order valence-electron chi connectivity index (χ3n) is 2.35. The molecule has 0 aromatic carbocycles. The minimum atomic E-state index is -0.523. The highest BCUT2D eigenvalue weighted by atomic mass is 16.3. The van der Waals surface area contributed by atoms with E-state index < -0.39 is 12.1 Å². The molecule has 0 aliphatic rings. The van der Waals surface area contributed by atoms with Gasteiger partial charge in [-0.3, -0.25) is 0 Å². The summed E-state index contributed by atoms with van der Waals surface area (Å²) in [6.07, 6.45) is 0.116. The minimum Gasteiger partial charge on any atom is -0.464 e. The number of furan rings is 1. The molecular formula is C10H17NO2. The van der Waals surface area contributed by atoms with Crippen molar-refractivity contribution in [3.8, 4) is 0 Å². The third kappa shape index (κ3) is 2.11. The zero-order valence-electron chi connectivity index (χ0n) is 8.37. The molecule has 1 aromatic rings. The highest BCUT2D eigenvalue weighted by molar-refractivity contribution is 5.21. The summed E-state index contributed by atoms with van der Waals surface area (Å²) in [5, 5.41) is 9.50. The number of aliphatic hydroxyl groups excluding tert-OH is 1. The molecule has 0 radical (unpaired) electrons. The molecular weight excluding hydrogens is 166 g/mol. The summed E-state index contributed by atoms with van der Waals surface area (Å²) in [5.74, 6) is 1.54. The molecule has 2 atom stereocenters. The van der Waals surface area contributed by atoms with Gasteiger partial charge in [-0.15, -0.1) is 0 Å². The summed E-state index contributed by atoms with van der Waals surface area (Å²) >= 11 is 0. The van der Waals surface area contributed by atoms with Gasteiger partial charge in [-0.1, -0.05) is 6.92 Å². The number of aliphatic hydroxyl groups is 1. The van der Waals surface area contributed by atoms with Gasteiger partial charge in [0.05, 0.1) is 12.1 Å². The van der Waals surface area contributed by atoms with Gasteiger partial charge >= 0.3 is 0 Å². The van der Waals surface area contributed by atoms with Gasteiger partial charge in [0.2, 0.25) is 0 Å². The number of nitrogens with two attached hydrogens (primary N) is 1. The van der Waals surface area contributed by atoms with Crippen LogP contribution >= 0.6 is 0 Å². The van der Waals surface area contributed by atoms with Crippen LogP contribution in [0.15, 0.2) is 10.5 Å². The zero-order valence-corrected chi connectivity index (χ0v) is 8.37. The average molecular weight is 183 g/mol. The Hall–Kier alpha value is -0.800. The Morgan fingerprint density at radius 2 is 2.15 bits per heavy atom. The fourth-order valence-electron chi connectivity index (χ4n) is 1.21. The van der Waals surface area contributed by atoms with Gasteiger partial charge in [0.1, 0.15) is 11.5 Å². The SMILES string of the molecule is CCC(O)C(N)c1cc(C)c(C)o1. The first-order valence-corrected chi connectivity index (χ1v) is 4.56. The molecule has 2 unspecified atom stereocenters. The molecule has 0 spiro atoms. The Labute approximate surface area is 78.5 Å². The van der Waals surface area contributed by atoms with E-state index in [1.807, 2.05) is 26.8 Å². The first-order chi connectivity index (χ1) is 6.06. The topological polar surface area (TPSA) is 59.4 Å². The fraction of sp³-hybridized carbons (Fsp3) is 0.600. The largest absolute Gasteiger partial charge is 0.464 e. The van der Waals surface area contributed by atoms with Crippen molar-refractivity contribution < 1.29 is 9.52 Å². The van der Waals surface area contributed by atoms with E-state index >= 15 is 0 Å². The highest BCUT2D eigenvalue weighted by Crippen LogP contribution is 2.21. The second kappa shape index (κ2) is 3.94. The first kappa shape index (κ1) is 10.3. The number of rotatable bonds is 3. The van der Waals surface area contributed by atoms with Crippen molar-refractivity contribution in [1.82, 2.24) is 0 Å². The van der Waals surface area contributed by atoms with Crippen molar-refractivity contribution >= 4 is 0 Å². The molecule has 3 nitrogen and oxygen atoms in total. The summed E-state index contributed by atoms with van der Waals surface area (Å²) in [6, 6.07) is 1.48. The van der Waals surface area contributed by atoms with Crippen molar-refractivity contribution in [3.05, 3.63) is 23.2 Å². The maximum Gasteiger partial charge on any atom is 0.123 e. The van der Waals surface area contributed by atoms with E-state index in [9.17, 15) is 5.11 Å². The highest BCUT2D eigenvalue weighted by Gasteiger charge is 2.18. The van der Waals surface area contributed by atoms with Crippen LogP contribution in [-0.4, -0.2) is 11.2 Å². The van der Waals surface area contributed by atoms with Crippen molar-refractivity contribution in [2.75, 3.05) is 0 Å². The predicted octanol–water partition coefficient (Wildman–Crippen LogP) is 1.67. The Morgan fingerprint density at radius 3 is 2.54 bits per heavy atom. The second-order valence-electron chi connectivity index (χ2n) is 3.39. The van der Waals surface area contributed by atoms with Crippen LogP contribution in [0, 0.1) is 13.8 Å². The van der Waals surface area contributed by atoms with E-state index in [4.69, 9.17) is 10.2 Å². The third-order valence-corrected chi connectivity index (χ3v) is 2.35. The molecule has 74 valence electrons. The van der Waals surface area contributed by atoms with E-state index in [0.29, 0.717) is 12.2 Å². The maximum absolute atomic E-state index is 9.50. The summed E-state index contributed by atoms with van der Waals surface area (Å²) in [5.41, 5.74) is 6.87. The van der Waals surface area contributed by atoms with Crippen molar-refractivity contribution in [1.29, 1.82) is 0 Å². The van der Waals surface area contributed by atoms with Crippen molar-refractivity contribution in [2.24, 2.45) is 5.73 Å². The standard InChI is InChI=1S/C10H17NO2/c1-4-8(12)10(11)9-5-6(2)7(3)13-9/h5,8,10,12H,4,11H2,1-3H3.